The minimum absolute atomic E-state index is 0.523. The molecule has 0 saturated carbocycles. The summed E-state index contributed by atoms with van der Waals surface area (Å²) in [7, 11) is 0. The normalized spacial score (nSPS) is 10.1. The largest absolute Gasteiger partial charge is 0.384 e. The van der Waals surface area contributed by atoms with Gasteiger partial charge in [0, 0.05) is 23.6 Å². The zero-order valence-electron chi connectivity index (χ0n) is 9.49. The van der Waals surface area contributed by atoms with Crippen molar-refractivity contribution in [2.24, 2.45) is 0 Å². The second kappa shape index (κ2) is 4.23. The van der Waals surface area contributed by atoms with Gasteiger partial charge in [-0.3, -0.25) is 0 Å². The fourth-order valence-corrected chi connectivity index (χ4v) is 1.74. The lowest BCUT2D eigenvalue weighted by Gasteiger charge is -2.08. The van der Waals surface area contributed by atoms with Crippen LogP contribution >= 0.6 is 0 Å². The Hall–Kier alpha value is -2.03. The lowest BCUT2D eigenvalue weighted by Crippen LogP contribution is -1.95. The number of hydrogen-bond acceptors (Lipinski definition) is 3. The first kappa shape index (κ1) is 10.5. The molecule has 0 radical (unpaired) electrons. The summed E-state index contributed by atoms with van der Waals surface area (Å²) in [6.07, 6.45) is 1.69. The van der Waals surface area contributed by atoms with Gasteiger partial charge in [-0.2, -0.15) is 0 Å². The molecule has 0 aliphatic carbocycles. The zero-order valence-corrected chi connectivity index (χ0v) is 9.49. The van der Waals surface area contributed by atoms with Crippen molar-refractivity contribution in [1.29, 1.82) is 0 Å². The summed E-state index contributed by atoms with van der Waals surface area (Å²) in [6, 6.07) is 10.1. The highest BCUT2D eigenvalue weighted by molar-refractivity contribution is 5.63. The third-order valence-electron chi connectivity index (χ3n) is 2.29. The summed E-state index contributed by atoms with van der Waals surface area (Å²) in [5.74, 6) is 0.523. The molecule has 3 N–H and O–H groups in total. The molecular weight excluding hydrogens is 198 g/mol. The van der Waals surface area contributed by atoms with E-state index in [1.807, 2.05) is 12.1 Å². The van der Waals surface area contributed by atoms with Crippen molar-refractivity contribution >= 4 is 17.2 Å². The molecule has 0 spiro atoms. The molecule has 0 bridgehead atoms. The van der Waals surface area contributed by atoms with Gasteiger partial charge in [0.05, 0.1) is 0 Å². The predicted octanol–water partition coefficient (Wildman–Crippen LogP) is 3.02. The average Bonchev–Trinajstić information content (AvgIpc) is 2.15. The molecule has 2 aromatic rings. The predicted molar refractivity (Wildman–Crippen MR) is 67.8 cm³/mol. The highest BCUT2D eigenvalue weighted by Crippen LogP contribution is 2.19. The van der Waals surface area contributed by atoms with Gasteiger partial charge in [0.2, 0.25) is 0 Å². The molecule has 0 amide bonds. The van der Waals surface area contributed by atoms with Crippen molar-refractivity contribution in [3.63, 3.8) is 0 Å². The molecule has 1 aromatic heterocycles. The Kier molecular flexibility index (Phi) is 2.77. The fourth-order valence-electron chi connectivity index (χ4n) is 1.74. The fraction of sp³-hybridized carbons (Fsp3) is 0.154. The summed E-state index contributed by atoms with van der Waals surface area (Å²) < 4.78 is 0. The number of benzene rings is 1. The molecule has 16 heavy (non-hydrogen) atoms. The summed E-state index contributed by atoms with van der Waals surface area (Å²) in [4.78, 5) is 3.95. The second-order valence-corrected chi connectivity index (χ2v) is 3.97. The molecule has 0 fully saturated rings. The molecule has 3 heteroatoms. The van der Waals surface area contributed by atoms with Crippen LogP contribution in [0.4, 0.5) is 17.2 Å². The van der Waals surface area contributed by atoms with E-state index in [0.29, 0.717) is 5.82 Å². The van der Waals surface area contributed by atoms with E-state index in [-0.39, 0.29) is 0 Å². The van der Waals surface area contributed by atoms with Crippen LogP contribution in [0, 0.1) is 13.8 Å². The lowest BCUT2D eigenvalue weighted by molar-refractivity contribution is 1.33. The van der Waals surface area contributed by atoms with Crippen LogP contribution in [0.2, 0.25) is 0 Å². The molecule has 0 unspecified atom stereocenters. The molecule has 0 atom stereocenters. The first-order valence-corrected chi connectivity index (χ1v) is 5.20. The van der Waals surface area contributed by atoms with Crippen molar-refractivity contribution in [3.05, 3.63) is 47.7 Å². The van der Waals surface area contributed by atoms with Crippen LogP contribution in [0.3, 0.4) is 0 Å². The summed E-state index contributed by atoms with van der Waals surface area (Å²) >= 11 is 0. The van der Waals surface area contributed by atoms with Gasteiger partial charge in [-0.1, -0.05) is 6.07 Å². The maximum Gasteiger partial charge on any atom is 0.125 e. The monoisotopic (exact) mass is 213 g/mol. The Labute approximate surface area is 95.3 Å². The van der Waals surface area contributed by atoms with Gasteiger partial charge in [0.25, 0.3) is 0 Å². The first-order chi connectivity index (χ1) is 7.63. The van der Waals surface area contributed by atoms with Gasteiger partial charge >= 0.3 is 0 Å². The quantitative estimate of drug-likeness (QED) is 0.806. The second-order valence-electron chi connectivity index (χ2n) is 3.97. The topological polar surface area (TPSA) is 50.9 Å². The minimum atomic E-state index is 0.523. The van der Waals surface area contributed by atoms with Crippen molar-refractivity contribution in [2.45, 2.75) is 13.8 Å². The smallest absolute Gasteiger partial charge is 0.125 e. The average molecular weight is 213 g/mol. The highest BCUT2D eigenvalue weighted by atomic mass is 14.9. The van der Waals surface area contributed by atoms with E-state index in [1.54, 1.807) is 6.20 Å². The van der Waals surface area contributed by atoms with E-state index in [9.17, 15) is 0 Å². The molecule has 82 valence electrons. The third kappa shape index (κ3) is 2.51. The standard InChI is InChI=1S/C13H15N3/c1-9-5-10(2)7-12(6-9)16-11-3-4-15-13(14)8-11/h3-8H,1-2H3,(H3,14,15,16). The number of anilines is 3. The molecule has 0 aliphatic heterocycles. The molecule has 1 aromatic carbocycles. The summed E-state index contributed by atoms with van der Waals surface area (Å²) in [5.41, 5.74) is 10.1. The van der Waals surface area contributed by atoms with Gasteiger partial charge in [0.1, 0.15) is 5.82 Å². The first-order valence-electron chi connectivity index (χ1n) is 5.20. The SMILES string of the molecule is Cc1cc(C)cc(Nc2ccnc(N)c2)c1. The minimum Gasteiger partial charge on any atom is -0.384 e. The number of hydrogen-bond donors (Lipinski definition) is 2. The molecule has 2 rings (SSSR count). The number of nitrogens with two attached hydrogens (primary N) is 1. The van der Waals surface area contributed by atoms with Crippen molar-refractivity contribution < 1.29 is 0 Å². The molecule has 3 nitrogen and oxygen atoms in total. The maximum atomic E-state index is 5.62. The number of rotatable bonds is 2. The van der Waals surface area contributed by atoms with Gasteiger partial charge in [-0.05, 0) is 43.2 Å². The van der Waals surface area contributed by atoms with Gasteiger partial charge in [-0.25, -0.2) is 4.98 Å². The number of pyridine rings is 1. The van der Waals surface area contributed by atoms with Gasteiger partial charge in [-0.15, -0.1) is 0 Å². The van der Waals surface area contributed by atoms with Crippen LogP contribution in [-0.4, -0.2) is 4.98 Å². The Morgan fingerprint density at radius 3 is 2.31 bits per heavy atom. The van der Waals surface area contributed by atoms with E-state index in [4.69, 9.17) is 5.73 Å². The van der Waals surface area contributed by atoms with Gasteiger partial charge in [0.15, 0.2) is 0 Å². The van der Waals surface area contributed by atoms with Crippen LogP contribution in [0.1, 0.15) is 11.1 Å². The molecule has 1 heterocycles. The molecule has 0 aliphatic rings. The van der Waals surface area contributed by atoms with E-state index in [0.717, 1.165) is 11.4 Å². The van der Waals surface area contributed by atoms with Crippen LogP contribution in [0.15, 0.2) is 36.5 Å². The lowest BCUT2D eigenvalue weighted by atomic mass is 10.1. The molecule has 0 saturated heterocycles. The number of aromatic nitrogens is 1. The Morgan fingerprint density at radius 2 is 1.69 bits per heavy atom. The van der Waals surface area contributed by atoms with Crippen molar-refractivity contribution in [1.82, 2.24) is 4.98 Å². The van der Waals surface area contributed by atoms with E-state index in [1.165, 1.54) is 11.1 Å². The molecular formula is C13H15N3. The van der Waals surface area contributed by atoms with Crippen LogP contribution < -0.4 is 11.1 Å². The van der Waals surface area contributed by atoms with E-state index >= 15 is 0 Å². The van der Waals surface area contributed by atoms with Gasteiger partial charge < -0.3 is 11.1 Å². The van der Waals surface area contributed by atoms with E-state index in [2.05, 4.69) is 42.3 Å². The van der Waals surface area contributed by atoms with Crippen LogP contribution in [0.25, 0.3) is 0 Å². The number of nitrogens with one attached hydrogen (secondary N) is 1. The zero-order chi connectivity index (χ0) is 11.5. The Bertz CT molecular complexity index is 486. The number of nitrogens with zero attached hydrogens (tertiary/aromatic N) is 1. The highest BCUT2D eigenvalue weighted by Gasteiger charge is 1.97. The van der Waals surface area contributed by atoms with Crippen molar-refractivity contribution in [2.75, 3.05) is 11.1 Å². The summed E-state index contributed by atoms with van der Waals surface area (Å²) in [6.45, 7) is 4.16. The van der Waals surface area contributed by atoms with E-state index < -0.39 is 0 Å². The summed E-state index contributed by atoms with van der Waals surface area (Å²) in [5, 5.41) is 3.31. The van der Waals surface area contributed by atoms with Crippen LogP contribution in [0.5, 0.6) is 0 Å². The Balaban J connectivity index is 2.27. The van der Waals surface area contributed by atoms with Crippen LogP contribution in [-0.2, 0) is 0 Å². The van der Waals surface area contributed by atoms with Crippen molar-refractivity contribution in [3.8, 4) is 0 Å². The third-order valence-corrected chi connectivity index (χ3v) is 2.29. The number of nitrogen functional groups attached to an aromatic ring is 1. The maximum absolute atomic E-state index is 5.62. The number of aryl methyl sites for hydroxylation is 2. The Morgan fingerprint density at radius 1 is 1.00 bits per heavy atom.